The van der Waals surface area contributed by atoms with Gasteiger partial charge in [-0.3, -0.25) is 4.79 Å². The lowest BCUT2D eigenvalue weighted by molar-refractivity contribution is -0.514. The first-order valence-corrected chi connectivity index (χ1v) is 4.70. The van der Waals surface area contributed by atoms with Gasteiger partial charge in [-0.1, -0.05) is 0 Å². The zero-order chi connectivity index (χ0) is 12.4. The molecule has 0 spiro atoms. The molecule has 7 nitrogen and oxygen atoms in total. The molecule has 1 rings (SSSR count). The highest BCUT2D eigenvalue weighted by molar-refractivity contribution is 5.80. The molecule has 7 heteroatoms. The van der Waals surface area contributed by atoms with Crippen molar-refractivity contribution < 1.29 is 28.9 Å². The van der Waals surface area contributed by atoms with Gasteiger partial charge in [-0.05, 0) is 5.06 Å². The summed E-state index contributed by atoms with van der Waals surface area (Å²) >= 11 is 0. The van der Waals surface area contributed by atoms with Crippen molar-refractivity contribution in [3.8, 4) is 0 Å². The summed E-state index contributed by atoms with van der Waals surface area (Å²) in [7, 11) is 5.12. The molecule has 1 aliphatic rings. The third-order valence-electron chi connectivity index (χ3n) is 2.74. The Hall–Kier alpha value is -0.570. The van der Waals surface area contributed by atoms with Crippen molar-refractivity contribution in [1.82, 2.24) is 5.06 Å². The van der Waals surface area contributed by atoms with E-state index in [0.717, 1.165) is 0 Å². The standard InChI is InChI=1S/C9H16NO6/c1-13-8(14-2)5-7(11)6-9(15-3,16-4)10(8)12/h5-6H2,1-4H3. The Balaban J connectivity index is 3.11. The van der Waals surface area contributed by atoms with Gasteiger partial charge in [0, 0.05) is 28.4 Å². The van der Waals surface area contributed by atoms with Crippen LogP contribution in [0.1, 0.15) is 12.8 Å². The average Bonchev–Trinajstić information content (AvgIpc) is 2.32. The van der Waals surface area contributed by atoms with Gasteiger partial charge in [-0.15, -0.1) is 5.21 Å². The Labute approximate surface area is 93.8 Å². The topological polar surface area (TPSA) is 77.1 Å². The van der Waals surface area contributed by atoms with Crippen molar-refractivity contribution in [2.24, 2.45) is 0 Å². The largest absolute Gasteiger partial charge is 0.339 e. The number of hydrogen-bond acceptors (Lipinski definition) is 6. The zero-order valence-corrected chi connectivity index (χ0v) is 9.81. The van der Waals surface area contributed by atoms with Gasteiger partial charge in [0.1, 0.15) is 5.78 Å². The second-order valence-electron chi connectivity index (χ2n) is 3.43. The number of carbonyl (C=O) groups excluding carboxylic acids is 1. The second kappa shape index (κ2) is 4.74. The third-order valence-corrected chi connectivity index (χ3v) is 2.74. The molecule has 1 radical (unpaired) electrons. The van der Waals surface area contributed by atoms with Gasteiger partial charge in [0.15, 0.2) is 0 Å². The Morgan fingerprint density at radius 3 is 1.50 bits per heavy atom. The Morgan fingerprint density at radius 2 is 1.25 bits per heavy atom. The molecule has 0 amide bonds. The summed E-state index contributed by atoms with van der Waals surface area (Å²) in [4.78, 5) is 11.6. The van der Waals surface area contributed by atoms with Crippen molar-refractivity contribution in [3.63, 3.8) is 0 Å². The number of nitrogens with zero attached hydrogens (tertiary/aromatic N) is 1. The predicted molar refractivity (Wildman–Crippen MR) is 50.3 cm³/mol. The number of hydroxylamine groups is 2. The molecule has 1 heterocycles. The van der Waals surface area contributed by atoms with E-state index in [-0.39, 0.29) is 18.6 Å². The summed E-state index contributed by atoms with van der Waals surface area (Å²) in [5, 5.41) is 12.5. The van der Waals surface area contributed by atoms with Gasteiger partial charge in [0.2, 0.25) is 0 Å². The van der Waals surface area contributed by atoms with E-state index in [9.17, 15) is 10.0 Å². The summed E-state index contributed by atoms with van der Waals surface area (Å²) in [6.07, 6.45) is -0.337. The molecule has 0 atom stereocenters. The van der Waals surface area contributed by atoms with Crippen molar-refractivity contribution in [3.05, 3.63) is 0 Å². The highest BCUT2D eigenvalue weighted by Gasteiger charge is 2.58. The predicted octanol–water partition coefficient (Wildman–Crippen LogP) is -0.110. The molecular weight excluding hydrogens is 218 g/mol. The molecule has 0 unspecified atom stereocenters. The highest BCUT2D eigenvalue weighted by atomic mass is 16.8. The Kier molecular flexibility index (Phi) is 4.00. The lowest BCUT2D eigenvalue weighted by atomic mass is 10.0. The van der Waals surface area contributed by atoms with Gasteiger partial charge < -0.3 is 18.9 Å². The van der Waals surface area contributed by atoms with E-state index in [1.807, 2.05) is 0 Å². The molecular formula is C9H16NO6. The number of methoxy groups -OCH3 is 4. The van der Waals surface area contributed by atoms with Crippen LogP contribution in [-0.4, -0.2) is 51.1 Å². The first-order chi connectivity index (χ1) is 7.50. The Bertz CT molecular complexity index is 237. The van der Waals surface area contributed by atoms with Crippen LogP contribution in [0.5, 0.6) is 0 Å². The minimum Gasteiger partial charge on any atom is -0.339 e. The molecule has 0 aromatic heterocycles. The SMILES string of the molecule is COC1(OC)CC(=O)CC(OC)(OC)N1[O]. The van der Waals surface area contributed by atoms with Crippen LogP contribution in [0, 0.1) is 0 Å². The maximum absolute atomic E-state index is 12.1. The molecule has 0 bridgehead atoms. The third kappa shape index (κ3) is 1.86. The fraction of sp³-hybridized carbons (Fsp3) is 0.889. The van der Waals surface area contributed by atoms with Crippen LogP contribution >= 0.6 is 0 Å². The number of hydrogen-bond donors (Lipinski definition) is 0. The Morgan fingerprint density at radius 1 is 0.938 bits per heavy atom. The van der Waals surface area contributed by atoms with E-state index in [2.05, 4.69) is 0 Å². The first-order valence-electron chi connectivity index (χ1n) is 4.70. The number of ketones is 1. The van der Waals surface area contributed by atoms with Crippen LogP contribution in [0.4, 0.5) is 0 Å². The highest BCUT2D eigenvalue weighted by Crippen LogP contribution is 2.37. The number of Topliss-reactive ketones (excluding diaryl/α,β-unsaturated/α-hetero) is 1. The van der Waals surface area contributed by atoms with E-state index in [0.29, 0.717) is 5.06 Å². The smallest absolute Gasteiger partial charge is 0.266 e. The molecule has 0 aliphatic carbocycles. The minimum atomic E-state index is -1.69. The quantitative estimate of drug-likeness (QED) is 0.632. The number of carbonyl (C=O) groups is 1. The maximum Gasteiger partial charge on any atom is 0.266 e. The first kappa shape index (κ1) is 13.5. The zero-order valence-electron chi connectivity index (χ0n) is 9.81. The van der Waals surface area contributed by atoms with Gasteiger partial charge in [-0.25, -0.2) is 0 Å². The lowest BCUT2D eigenvalue weighted by Gasteiger charge is -2.47. The van der Waals surface area contributed by atoms with Gasteiger partial charge in [0.05, 0.1) is 12.8 Å². The van der Waals surface area contributed by atoms with E-state index in [1.165, 1.54) is 28.4 Å². The number of rotatable bonds is 4. The van der Waals surface area contributed by atoms with E-state index >= 15 is 0 Å². The number of ether oxygens (including phenoxy) is 4. The van der Waals surface area contributed by atoms with Gasteiger partial charge in [0.25, 0.3) is 11.8 Å². The van der Waals surface area contributed by atoms with Crippen LogP contribution in [0.2, 0.25) is 0 Å². The van der Waals surface area contributed by atoms with Crippen molar-refractivity contribution in [2.75, 3.05) is 28.4 Å². The molecule has 0 aromatic rings. The van der Waals surface area contributed by atoms with Gasteiger partial charge >= 0.3 is 0 Å². The average molecular weight is 234 g/mol. The van der Waals surface area contributed by atoms with Crippen LogP contribution < -0.4 is 0 Å². The van der Waals surface area contributed by atoms with Crippen molar-refractivity contribution in [1.29, 1.82) is 0 Å². The fourth-order valence-corrected chi connectivity index (χ4v) is 1.75. The van der Waals surface area contributed by atoms with Gasteiger partial charge in [-0.2, -0.15) is 0 Å². The summed E-state index contributed by atoms with van der Waals surface area (Å²) < 4.78 is 19.9. The minimum absolute atomic E-state index is 0.169. The maximum atomic E-state index is 12.1. The molecule has 1 fully saturated rings. The van der Waals surface area contributed by atoms with Crippen molar-refractivity contribution in [2.45, 2.75) is 24.7 Å². The molecule has 1 aliphatic heterocycles. The summed E-state index contributed by atoms with van der Waals surface area (Å²) in [6, 6.07) is 0. The van der Waals surface area contributed by atoms with Crippen LogP contribution in [-0.2, 0) is 28.9 Å². The summed E-state index contributed by atoms with van der Waals surface area (Å²) in [5.41, 5.74) is 0. The lowest BCUT2D eigenvalue weighted by Crippen LogP contribution is -2.67. The number of piperidine rings is 1. The molecule has 0 aromatic carbocycles. The van der Waals surface area contributed by atoms with Crippen LogP contribution in [0.3, 0.4) is 0 Å². The molecule has 93 valence electrons. The van der Waals surface area contributed by atoms with Crippen LogP contribution in [0.25, 0.3) is 0 Å². The summed E-state index contributed by atoms with van der Waals surface area (Å²) in [6.45, 7) is 0. The van der Waals surface area contributed by atoms with Crippen LogP contribution in [0.15, 0.2) is 0 Å². The fourth-order valence-electron chi connectivity index (χ4n) is 1.75. The normalized spacial score (nSPS) is 24.7. The molecule has 1 saturated heterocycles. The van der Waals surface area contributed by atoms with E-state index < -0.39 is 11.8 Å². The van der Waals surface area contributed by atoms with Crippen molar-refractivity contribution >= 4 is 5.78 Å². The molecule has 16 heavy (non-hydrogen) atoms. The monoisotopic (exact) mass is 234 g/mol. The van der Waals surface area contributed by atoms with E-state index in [1.54, 1.807) is 0 Å². The molecule has 0 saturated carbocycles. The summed E-state index contributed by atoms with van der Waals surface area (Å²) in [5.74, 6) is -3.62. The van der Waals surface area contributed by atoms with E-state index in [4.69, 9.17) is 18.9 Å². The second-order valence-corrected chi connectivity index (χ2v) is 3.43. The molecule has 0 N–H and O–H groups in total.